The van der Waals surface area contributed by atoms with Gasteiger partial charge in [-0.3, -0.25) is 4.79 Å². The lowest BCUT2D eigenvalue weighted by atomic mass is 9.96. The molecule has 0 N–H and O–H groups in total. The maximum atomic E-state index is 13.3. The second-order valence-corrected chi connectivity index (χ2v) is 9.42. The third-order valence-electron chi connectivity index (χ3n) is 6.09. The summed E-state index contributed by atoms with van der Waals surface area (Å²) in [7, 11) is 0. The third-order valence-corrected chi connectivity index (χ3v) is 7.13. The Kier molecular flexibility index (Phi) is 5.68. The first-order valence-corrected chi connectivity index (χ1v) is 11.4. The lowest BCUT2D eigenvalue weighted by molar-refractivity contribution is 0.0510. The van der Waals surface area contributed by atoms with Crippen LogP contribution in [0.3, 0.4) is 0 Å². The van der Waals surface area contributed by atoms with Crippen molar-refractivity contribution in [3.8, 4) is 0 Å². The van der Waals surface area contributed by atoms with Crippen molar-refractivity contribution in [2.45, 2.75) is 63.6 Å². The van der Waals surface area contributed by atoms with E-state index in [1.165, 1.54) is 28.1 Å². The van der Waals surface area contributed by atoms with E-state index in [0.29, 0.717) is 12.1 Å². The first-order chi connectivity index (χ1) is 13.5. The maximum absolute atomic E-state index is 13.3. The molecule has 3 nitrogen and oxygen atoms in total. The molecule has 1 saturated heterocycles. The van der Waals surface area contributed by atoms with Gasteiger partial charge in [0.25, 0.3) is 5.91 Å². The van der Waals surface area contributed by atoms with Gasteiger partial charge in [0.15, 0.2) is 0 Å². The van der Waals surface area contributed by atoms with Gasteiger partial charge in [-0.1, -0.05) is 29.8 Å². The molecule has 2 unspecified atom stereocenters. The van der Waals surface area contributed by atoms with Crippen LogP contribution in [-0.4, -0.2) is 35.2 Å². The number of carbonyl (C=O) groups excluding carboxylic acids is 1. The molecule has 4 rings (SSSR count). The van der Waals surface area contributed by atoms with Crippen LogP contribution in [0.5, 0.6) is 0 Å². The number of hydrogen-bond acceptors (Lipinski definition) is 3. The highest BCUT2D eigenvalue weighted by Gasteiger charge is 2.30. The number of piperidine rings is 1. The number of amides is 1. The van der Waals surface area contributed by atoms with Crippen LogP contribution in [0.25, 0.3) is 0 Å². The molecule has 2 aromatic rings. The normalized spacial score (nSPS) is 22.1. The van der Waals surface area contributed by atoms with Crippen LogP contribution < -0.4 is 4.90 Å². The second-order valence-electron chi connectivity index (χ2n) is 8.28. The summed E-state index contributed by atoms with van der Waals surface area (Å²) < 4.78 is 0. The van der Waals surface area contributed by atoms with Gasteiger partial charge in [-0.2, -0.15) is 0 Å². The quantitative estimate of drug-likeness (QED) is 0.686. The fraction of sp³-hybridized carbons (Fsp3) is 0.458. The minimum atomic E-state index is 0.188. The maximum Gasteiger partial charge on any atom is 0.254 e. The number of fused-ring (bicyclic) bond motifs is 1. The largest absolute Gasteiger partial charge is 0.365 e. The third kappa shape index (κ3) is 3.93. The predicted molar refractivity (Wildman–Crippen MR) is 118 cm³/mol. The second kappa shape index (κ2) is 8.20. The summed E-state index contributed by atoms with van der Waals surface area (Å²) in [4.78, 5) is 19.1. The van der Waals surface area contributed by atoms with Crippen molar-refractivity contribution in [1.29, 1.82) is 0 Å². The van der Waals surface area contributed by atoms with Gasteiger partial charge in [-0.15, -0.1) is 11.8 Å². The van der Waals surface area contributed by atoms with E-state index in [4.69, 9.17) is 0 Å². The van der Waals surface area contributed by atoms with Crippen LogP contribution >= 0.6 is 11.8 Å². The van der Waals surface area contributed by atoms with Crippen molar-refractivity contribution in [2.24, 2.45) is 0 Å². The molecule has 1 fully saturated rings. The molecule has 2 aromatic carbocycles. The number of thioether (sulfide) groups is 1. The fourth-order valence-corrected chi connectivity index (χ4v) is 5.49. The highest BCUT2D eigenvalue weighted by molar-refractivity contribution is 7.99. The molecule has 148 valence electrons. The first kappa shape index (κ1) is 19.4. The standard InChI is InChI=1S/C24H30N2OS/c1-17-7-9-20(10-8-17)16-25-13-14-28-23-12-11-21(15-22(23)25)24(27)26-18(2)5-4-6-19(26)3/h7-12,15,18-19H,4-6,13-14,16H2,1-3H3. The van der Waals surface area contributed by atoms with E-state index in [2.05, 4.69) is 67.0 Å². The Balaban J connectivity index is 1.60. The molecule has 0 aromatic heterocycles. The lowest BCUT2D eigenvalue weighted by Gasteiger charge is -2.39. The minimum absolute atomic E-state index is 0.188. The molecule has 0 bridgehead atoms. The molecule has 2 aliphatic heterocycles. The summed E-state index contributed by atoms with van der Waals surface area (Å²) in [6, 6.07) is 15.7. The number of likely N-dealkylation sites (tertiary alicyclic amines) is 1. The molecule has 2 atom stereocenters. The highest BCUT2D eigenvalue weighted by Crippen LogP contribution is 2.37. The molecule has 2 aliphatic rings. The molecule has 28 heavy (non-hydrogen) atoms. The van der Waals surface area contributed by atoms with Gasteiger partial charge in [0.2, 0.25) is 0 Å². The summed E-state index contributed by atoms with van der Waals surface area (Å²) in [6.45, 7) is 8.40. The Hall–Kier alpha value is -1.94. The van der Waals surface area contributed by atoms with Crippen LogP contribution in [0.15, 0.2) is 47.4 Å². The van der Waals surface area contributed by atoms with Gasteiger partial charge in [0.1, 0.15) is 0 Å². The smallest absolute Gasteiger partial charge is 0.254 e. The molecule has 0 saturated carbocycles. The van der Waals surface area contributed by atoms with Crippen LogP contribution in [0.4, 0.5) is 5.69 Å². The minimum Gasteiger partial charge on any atom is -0.365 e. The van der Waals surface area contributed by atoms with Crippen molar-refractivity contribution in [3.63, 3.8) is 0 Å². The first-order valence-electron chi connectivity index (χ1n) is 10.4. The number of carbonyl (C=O) groups is 1. The summed E-state index contributed by atoms with van der Waals surface area (Å²) in [5.74, 6) is 1.28. The van der Waals surface area contributed by atoms with Crippen molar-refractivity contribution in [2.75, 3.05) is 17.2 Å². The van der Waals surface area contributed by atoms with Gasteiger partial charge < -0.3 is 9.80 Å². The number of aryl methyl sites for hydroxylation is 1. The molecule has 0 spiro atoms. The number of anilines is 1. The summed E-state index contributed by atoms with van der Waals surface area (Å²) in [6.07, 6.45) is 3.43. The number of nitrogens with zero attached hydrogens (tertiary/aromatic N) is 2. The van der Waals surface area contributed by atoms with E-state index in [1.807, 2.05) is 17.8 Å². The summed E-state index contributed by atoms with van der Waals surface area (Å²) >= 11 is 1.90. The van der Waals surface area contributed by atoms with E-state index < -0.39 is 0 Å². The number of hydrogen-bond donors (Lipinski definition) is 0. The van der Waals surface area contributed by atoms with E-state index in [-0.39, 0.29) is 5.91 Å². The summed E-state index contributed by atoms with van der Waals surface area (Å²) in [5, 5.41) is 0. The number of rotatable bonds is 3. The molecule has 0 aliphatic carbocycles. The Morgan fingerprint density at radius 2 is 1.79 bits per heavy atom. The predicted octanol–water partition coefficient (Wildman–Crippen LogP) is 5.51. The van der Waals surface area contributed by atoms with E-state index in [1.54, 1.807) is 0 Å². The SMILES string of the molecule is Cc1ccc(CN2CCSc3ccc(C(=O)N4C(C)CCCC4C)cc32)cc1. The van der Waals surface area contributed by atoms with Crippen LogP contribution in [-0.2, 0) is 6.54 Å². The van der Waals surface area contributed by atoms with Gasteiger partial charge in [-0.25, -0.2) is 0 Å². The monoisotopic (exact) mass is 394 g/mol. The Bertz CT molecular complexity index is 838. The van der Waals surface area contributed by atoms with E-state index in [0.717, 1.165) is 37.2 Å². The molecule has 0 radical (unpaired) electrons. The fourth-order valence-electron chi connectivity index (χ4n) is 4.45. The van der Waals surface area contributed by atoms with Crippen molar-refractivity contribution >= 4 is 23.4 Å². The zero-order valence-electron chi connectivity index (χ0n) is 17.1. The van der Waals surface area contributed by atoms with E-state index in [9.17, 15) is 4.79 Å². The van der Waals surface area contributed by atoms with Crippen molar-refractivity contribution < 1.29 is 4.79 Å². The van der Waals surface area contributed by atoms with Crippen molar-refractivity contribution in [3.05, 3.63) is 59.2 Å². The number of benzene rings is 2. The Labute approximate surface area is 173 Å². The highest BCUT2D eigenvalue weighted by atomic mass is 32.2. The zero-order chi connectivity index (χ0) is 19.7. The van der Waals surface area contributed by atoms with Gasteiger partial charge in [-0.05, 0) is 63.8 Å². The Morgan fingerprint density at radius 3 is 2.50 bits per heavy atom. The molecule has 2 heterocycles. The van der Waals surface area contributed by atoms with Crippen molar-refractivity contribution in [1.82, 2.24) is 4.90 Å². The van der Waals surface area contributed by atoms with E-state index >= 15 is 0 Å². The lowest BCUT2D eigenvalue weighted by Crippen LogP contribution is -2.47. The van der Waals surface area contributed by atoms with Crippen LogP contribution in [0, 0.1) is 6.92 Å². The molecule has 4 heteroatoms. The van der Waals surface area contributed by atoms with Gasteiger partial charge in [0.05, 0.1) is 5.69 Å². The van der Waals surface area contributed by atoms with Crippen LogP contribution in [0.1, 0.15) is 54.6 Å². The van der Waals surface area contributed by atoms with Gasteiger partial charge in [0, 0.05) is 41.4 Å². The topological polar surface area (TPSA) is 23.6 Å². The van der Waals surface area contributed by atoms with Crippen LogP contribution in [0.2, 0.25) is 0 Å². The summed E-state index contributed by atoms with van der Waals surface area (Å²) in [5.41, 5.74) is 4.64. The zero-order valence-corrected chi connectivity index (χ0v) is 18.0. The molecular weight excluding hydrogens is 364 g/mol. The average Bonchev–Trinajstić information content (AvgIpc) is 2.69. The molecule has 1 amide bonds. The average molecular weight is 395 g/mol. The Morgan fingerprint density at radius 1 is 1.07 bits per heavy atom. The van der Waals surface area contributed by atoms with Gasteiger partial charge >= 0.3 is 0 Å². The molecular formula is C24H30N2OS.